The fourth-order valence-electron chi connectivity index (χ4n) is 4.13. The van der Waals surface area contributed by atoms with Gasteiger partial charge in [0.15, 0.2) is 0 Å². The summed E-state index contributed by atoms with van der Waals surface area (Å²) in [6, 6.07) is 16.8. The van der Waals surface area contributed by atoms with Crippen LogP contribution in [0.2, 0.25) is 0 Å². The molecule has 0 unspecified atom stereocenters. The highest BCUT2D eigenvalue weighted by Crippen LogP contribution is 2.26. The highest BCUT2D eigenvalue weighted by atomic mass is 32.2. The lowest BCUT2D eigenvalue weighted by Crippen LogP contribution is -2.49. The number of aryl methyl sites for hydroxylation is 2. The molecule has 3 aromatic rings. The molecule has 178 valence electrons. The SMILES string of the molecule is Cc1ccc(C(=O)N2CCN(c3ccccc3F)CC2)cc1S(=O)(=O)Nc1cccc(C)c1C. The minimum absolute atomic E-state index is 0.0734. The number of rotatable bonds is 5. The van der Waals surface area contributed by atoms with Crippen molar-refractivity contribution in [2.75, 3.05) is 35.8 Å². The quantitative estimate of drug-likeness (QED) is 0.582. The molecule has 3 aromatic carbocycles. The van der Waals surface area contributed by atoms with Crippen LogP contribution in [0.4, 0.5) is 15.8 Å². The lowest BCUT2D eigenvalue weighted by atomic mass is 10.1. The smallest absolute Gasteiger partial charge is 0.262 e. The van der Waals surface area contributed by atoms with Crippen LogP contribution >= 0.6 is 0 Å². The van der Waals surface area contributed by atoms with Crippen LogP contribution in [-0.2, 0) is 10.0 Å². The minimum Gasteiger partial charge on any atom is -0.366 e. The van der Waals surface area contributed by atoms with Gasteiger partial charge in [-0.3, -0.25) is 9.52 Å². The highest BCUT2D eigenvalue weighted by molar-refractivity contribution is 7.92. The molecule has 0 atom stereocenters. The van der Waals surface area contributed by atoms with Gasteiger partial charge in [0.05, 0.1) is 16.3 Å². The van der Waals surface area contributed by atoms with Crippen molar-refractivity contribution in [1.82, 2.24) is 4.90 Å². The van der Waals surface area contributed by atoms with Crippen molar-refractivity contribution in [1.29, 1.82) is 0 Å². The number of carbonyl (C=O) groups is 1. The standard InChI is InChI=1S/C26H28FN3O3S/c1-18-7-6-9-23(20(18)3)28-34(32,33)25-17-21(12-11-19(25)2)26(31)30-15-13-29(14-16-30)24-10-5-4-8-22(24)27/h4-12,17,28H,13-16H2,1-3H3. The summed E-state index contributed by atoms with van der Waals surface area (Å²) >= 11 is 0. The maximum Gasteiger partial charge on any atom is 0.262 e. The van der Waals surface area contributed by atoms with E-state index in [0.717, 1.165) is 11.1 Å². The Hall–Kier alpha value is -3.39. The average molecular weight is 482 g/mol. The predicted octanol–water partition coefficient (Wildman–Crippen LogP) is 4.51. The third-order valence-corrected chi connectivity index (χ3v) is 7.84. The van der Waals surface area contributed by atoms with Crippen LogP contribution in [0.25, 0.3) is 0 Å². The van der Waals surface area contributed by atoms with E-state index in [1.807, 2.05) is 24.8 Å². The zero-order valence-corrected chi connectivity index (χ0v) is 20.3. The Bertz CT molecular complexity index is 1330. The van der Waals surface area contributed by atoms with Gasteiger partial charge >= 0.3 is 0 Å². The van der Waals surface area contributed by atoms with Gasteiger partial charge in [-0.05, 0) is 67.8 Å². The van der Waals surface area contributed by atoms with Crippen LogP contribution in [0.3, 0.4) is 0 Å². The molecule has 1 heterocycles. The summed E-state index contributed by atoms with van der Waals surface area (Å²) in [5.74, 6) is -0.525. The number of sulfonamides is 1. The Kier molecular flexibility index (Phi) is 6.61. The molecule has 8 heteroatoms. The van der Waals surface area contributed by atoms with E-state index in [-0.39, 0.29) is 16.6 Å². The van der Waals surface area contributed by atoms with Gasteiger partial charge in [-0.2, -0.15) is 0 Å². The summed E-state index contributed by atoms with van der Waals surface area (Å²) in [5, 5.41) is 0. The predicted molar refractivity (Wildman–Crippen MR) is 132 cm³/mol. The zero-order chi connectivity index (χ0) is 24.5. The van der Waals surface area contributed by atoms with Gasteiger partial charge in [-0.1, -0.05) is 30.3 Å². The third kappa shape index (κ3) is 4.77. The molecule has 0 saturated carbocycles. The molecule has 0 spiro atoms. The fourth-order valence-corrected chi connectivity index (χ4v) is 5.52. The first kappa shape index (κ1) is 23.8. The number of halogens is 1. The van der Waals surface area contributed by atoms with Crippen molar-refractivity contribution < 1.29 is 17.6 Å². The van der Waals surface area contributed by atoms with E-state index in [2.05, 4.69) is 4.72 Å². The van der Waals surface area contributed by atoms with Gasteiger partial charge in [-0.15, -0.1) is 0 Å². The second kappa shape index (κ2) is 9.46. The van der Waals surface area contributed by atoms with Crippen molar-refractivity contribution in [3.8, 4) is 0 Å². The van der Waals surface area contributed by atoms with Crippen molar-refractivity contribution in [2.45, 2.75) is 25.7 Å². The number of hydrogen-bond acceptors (Lipinski definition) is 4. The van der Waals surface area contributed by atoms with Gasteiger partial charge in [0, 0.05) is 31.7 Å². The lowest BCUT2D eigenvalue weighted by Gasteiger charge is -2.36. The number of anilines is 2. The molecule has 1 aliphatic rings. The summed E-state index contributed by atoms with van der Waals surface area (Å²) in [4.78, 5) is 16.8. The topological polar surface area (TPSA) is 69.7 Å². The molecule has 0 radical (unpaired) electrons. The Morgan fingerprint density at radius 1 is 0.882 bits per heavy atom. The molecule has 34 heavy (non-hydrogen) atoms. The zero-order valence-electron chi connectivity index (χ0n) is 19.5. The first-order valence-corrected chi connectivity index (χ1v) is 12.6. The van der Waals surface area contributed by atoms with Gasteiger partial charge in [0.25, 0.3) is 15.9 Å². The fraction of sp³-hybridized carbons (Fsp3) is 0.269. The maximum absolute atomic E-state index is 14.1. The lowest BCUT2D eigenvalue weighted by molar-refractivity contribution is 0.0746. The van der Waals surface area contributed by atoms with E-state index in [4.69, 9.17) is 0 Å². The molecule has 0 bridgehead atoms. The van der Waals surface area contributed by atoms with E-state index in [1.54, 1.807) is 54.3 Å². The molecular formula is C26H28FN3O3S. The van der Waals surface area contributed by atoms with E-state index >= 15 is 0 Å². The number of hydrogen-bond donors (Lipinski definition) is 1. The van der Waals surface area contributed by atoms with Gasteiger partial charge < -0.3 is 9.80 Å². The number of piperazine rings is 1. The summed E-state index contributed by atoms with van der Waals surface area (Å²) in [7, 11) is -3.89. The van der Waals surface area contributed by atoms with Crippen LogP contribution in [0.1, 0.15) is 27.0 Å². The first-order valence-electron chi connectivity index (χ1n) is 11.2. The highest BCUT2D eigenvalue weighted by Gasteiger charge is 2.26. The Morgan fingerprint density at radius 3 is 2.29 bits per heavy atom. The molecule has 0 aromatic heterocycles. The molecule has 1 aliphatic heterocycles. The number of para-hydroxylation sites is 1. The van der Waals surface area contributed by atoms with E-state index < -0.39 is 10.0 Å². The van der Waals surface area contributed by atoms with Crippen molar-refractivity contribution in [2.24, 2.45) is 0 Å². The molecule has 1 saturated heterocycles. The first-order chi connectivity index (χ1) is 16.2. The molecular weight excluding hydrogens is 453 g/mol. The second-order valence-corrected chi connectivity index (χ2v) is 10.2. The van der Waals surface area contributed by atoms with Gasteiger partial charge in [-0.25, -0.2) is 12.8 Å². The van der Waals surface area contributed by atoms with Crippen molar-refractivity contribution >= 4 is 27.3 Å². The third-order valence-electron chi connectivity index (χ3n) is 6.33. The molecule has 4 rings (SSSR count). The normalized spacial score (nSPS) is 14.2. The molecule has 0 aliphatic carbocycles. The molecule has 1 fully saturated rings. The summed E-state index contributed by atoms with van der Waals surface area (Å²) in [6.07, 6.45) is 0. The number of carbonyl (C=O) groups excluding carboxylic acids is 1. The van der Waals surface area contributed by atoms with Crippen molar-refractivity contribution in [3.05, 3.63) is 88.7 Å². The Balaban J connectivity index is 1.52. The molecule has 1 N–H and O–H groups in total. The van der Waals surface area contributed by atoms with Crippen LogP contribution in [0.5, 0.6) is 0 Å². The van der Waals surface area contributed by atoms with Crippen LogP contribution < -0.4 is 9.62 Å². The van der Waals surface area contributed by atoms with Gasteiger partial charge in [0.1, 0.15) is 5.82 Å². The Labute approximate surface area is 200 Å². The van der Waals surface area contributed by atoms with E-state index in [1.165, 1.54) is 12.1 Å². The summed E-state index contributed by atoms with van der Waals surface area (Å²) in [5.41, 5.74) is 3.74. The van der Waals surface area contributed by atoms with Crippen molar-refractivity contribution in [3.63, 3.8) is 0 Å². The second-order valence-electron chi connectivity index (χ2n) is 8.56. The van der Waals surface area contributed by atoms with Gasteiger partial charge in [0.2, 0.25) is 0 Å². The van der Waals surface area contributed by atoms with Crippen LogP contribution in [0.15, 0.2) is 65.6 Å². The number of nitrogens with one attached hydrogen (secondary N) is 1. The minimum atomic E-state index is -3.89. The van der Waals surface area contributed by atoms with E-state index in [0.29, 0.717) is 48.7 Å². The average Bonchev–Trinajstić information content (AvgIpc) is 2.82. The van der Waals surface area contributed by atoms with Crippen LogP contribution in [0, 0.1) is 26.6 Å². The molecule has 6 nitrogen and oxygen atoms in total. The Morgan fingerprint density at radius 2 is 1.59 bits per heavy atom. The number of nitrogens with zero attached hydrogens (tertiary/aromatic N) is 2. The number of benzene rings is 3. The molecule has 1 amide bonds. The van der Waals surface area contributed by atoms with E-state index in [9.17, 15) is 17.6 Å². The van der Waals surface area contributed by atoms with Crippen LogP contribution in [-0.4, -0.2) is 45.4 Å². The largest absolute Gasteiger partial charge is 0.366 e. The summed E-state index contributed by atoms with van der Waals surface area (Å²) < 4.78 is 43.2. The maximum atomic E-state index is 14.1. The summed E-state index contributed by atoms with van der Waals surface area (Å²) in [6.45, 7) is 7.33. The monoisotopic (exact) mass is 481 g/mol. The number of amides is 1.